The van der Waals surface area contributed by atoms with Crippen molar-refractivity contribution in [2.45, 2.75) is 19.9 Å². The summed E-state index contributed by atoms with van der Waals surface area (Å²) in [6.07, 6.45) is 0. The summed E-state index contributed by atoms with van der Waals surface area (Å²) in [7, 11) is 0. The summed E-state index contributed by atoms with van der Waals surface area (Å²) in [4.78, 5) is 11.9. The molecule has 0 bridgehead atoms. The van der Waals surface area contributed by atoms with E-state index in [2.05, 4.69) is 10.4 Å². The van der Waals surface area contributed by atoms with Crippen LogP contribution in [0.15, 0.2) is 36.4 Å². The first-order valence-corrected chi connectivity index (χ1v) is 6.15. The minimum Gasteiger partial charge on any atom is -0.394 e. The van der Waals surface area contributed by atoms with Crippen LogP contribution in [-0.4, -0.2) is 33.4 Å². The van der Waals surface area contributed by atoms with Gasteiger partial charge in [0.05, 0.1) is 12.3 Å². The van der Waals surface area contributed by atoms with E-state index in [0.717, 1.165) is 11.4 Å². The lowest BCUT2D eigenvalue weighted by Crippen LogP contribution is -2.35. The molecule has 1 heterocycles. The predicted molar refractivity (Wildman–Crippen MR) is 72.3 cm³/mol. The van der Waals surface area contributed by atoms with Gasteiger partial charge in [-0.3, -0.25) is 4.79 Å². The maximum Gasteiger partial charge on any atom is 0.272 e. The molecule has 0 spiro atoms. The van der Waals surface area contributed by atoms with Gasteiger partial charge in [-0.1, -0.05) is 18.2 Å². The number of amides is 1. The minimum atomic E-state index is -0.283. The van der Waals surface area contributed by atoms with Gasteiger partial charge in [0, 0.05) is 11.7 Å². The molecule has 1 amide bonds. The van der Waals surface area contributed by atoms with Crippen LogP contribution >= 0.6 is 0 Å². The lowest BCUT2D eigenvalue weighted by molar-refractivity contribution is 0.0917. The van der Waals surface area contributed by atoms with Gasteiger partial charge in [-0.2, -0.15) is 5.10 Å². The van der Waals surface area contributed by atoms with Crippen molar-refractivity contribution in [1.29, 1.82) is 0 Å². The largest absolute Gasteiger partial charge is 0.394 e. The first kappa shape index (κ1) is 13.3. The fourth-order valence-corrected chi connectivity index (χ4v) is 1.76. The van der Waals surface area contributed by atoms with Crippen LogP contribution in [0.2, 0.25) is 0 Å². The third kappa shape index (κ3) is 3.00. The number of nitrogens with one attached hydrogen (secondary N) is 1. The van der Waals surface area contributed by atoms with E-state index >= 15 is 0 Å². The minimum absolute atomic E-state index is 0.0931. The Hall–Kier alpha value is -2.14. The number of aliphatic hydroxyl groups is 1. The molecule has 2 N–H and O–H groups in total. The third-order valence-corrected chi connectivity index (χ3v) is 2.77. The van der Waals surface area contributed by atoms with Crippen molar-refractivity contribution in [1.82, 2.24) is 15.1 Å². The Morgan fingerprint density at radius 3 is 2.74 bits per heavy atom. The number of rotatable bonds is 4. The zero-order valence-corrected chi connectivity index (χ0v) is 11.0. The summed E-state index contributed by atoms with van der Waals surface area (Å²) in [5.74, 6) is -0.278. The molecule has 1 aromatic carbocycles. The van der Waals surface area contributed by atoms with Crippen molar-refractivity contribution in [3.05, 3.63) is 47.8 Å². The van der Waals surface area contributed by atoms with E-state index in [9.17, 15) is 4.79 Å². The van der Waals surface area contributed by atoms with Crippen LogP contribution in [0.4, 0.5) is 0 Å². The standard InChI is InChI=1S/C14H17N3O2/c1-10(9-18)15-14(19)13-8-11(2)17(16-13)12-6-4-3-5-7-12/h3-8,10,18H,9H2,1-2H3,(H,15,19). The Morgan fingerprint density at radius 2 is 2.11 bits per heavy atom. The van der Waals surface area contributed by atoms with E-state index in [1.165, 1.54) is 0 Å². The smallest absolute Gasteiger partial charge is 0.272 e. The molecule has 1 atom stereocenters. The van der Waals surface area contributed by atoms with Crippen molar-refractivity contribution in [3.63, 3.8) is 0 Å². The van der Waals surface area contributed by atoms with E-state index in [1.54, 1.807) is 17.7 Å². The van der Waals surface area contributed by atoms with E-state index in [4.69, 9.17) is 5.11 Å². The topological polar surface area (TPSA) is 67.2 Å². The first-order valence-electron chi connectivity index (χ1n) is 6.15. The van der Waals surface area contributed by atoms with Crippen molar-refractivity contribution in [2.75, 3.05) is 6.61 Å². The van der Waals surface area contributed by atoms with Crippen LogP contribution in [0.5, 0.6) is 0 Å². The second-order valence-corrected chi connectivity index (χ2v) is 4.48. The molecule has 0 radical (unpaired) electrons. The lowest BCUT2D eigenvalue weighted by atomic mass is 10.3. The molecule has 0 aliphatic carbocycles. The predicted octanol–water partition coefficient (Wildman–Crippen LogP) is 1.29. The van der Waals surface area contributed by atoms with Gasteiger partial charge in [0.2, 0.25) is 0 Å². The normalized spacial score (nSPS) is 12.2. The van der Waals surface area contributed by atoms with Crippen LogP contribution < -0.4 is 5.32 Å². The molecule has 0 saturated heterocycles. The fraction of sp³-hybridized carbons (Fsp3) is 0.286. The van der Waals surface area contributed by atoms with Crippen molar-refractivity contribution in [3.8, 4) is 5.69 Å². The second kappa shape index (κ2) is 5.67. The van der Waals surface area contributed by atoms with E-state index in [-0.39, 0.29) is 18.6 Å². The lowest BCUT2D eigenvalue weighted by Gasteiger charge is -2.08. The summed E-state index contributed by atoms with van der Waals surface area (Å²) in [6, 6.07) is 11.1. The van der Waals surface area contributed by atoms with Crippen LogP contribution in [0, 0.1) is 6.92 Å². The average Bonchev–Trinajstić information content (AvgIpc) is 2.82. The number of aliphatic hydroxyl groups excluding tert-OH is 1. The molecule has 5 nitrogen and oxygen atoms in total. The molecule has 1 aromatic heterocycles. The summed E-state index contributed by atoms with van der Waals surface area (Å²) in [5.41, 5.74) is 2.14. The Bertz CT molecular complexity index is 563. The number of carbonyl (C=O) groups is 1. The highest BCUT2D eigenvalue weighted by atomic mass is 16.3. The van der Waals surface area contributed by atoms with Crippen LogP contribution in [0.25, 0.3) is 5.69 Å². The molecular weight excluding hydrogens is 242 g/mol. The summed E-state index contributed by atoms with van der Waals surface area (Å²) >= 11 is 0. The van der Waals surface area contributed by atoms with Gasteiger partial charge < -0.3 is 10.4 Å². The zero-order valence-electron chi connectivity index (χ0n) is 11.0. The summed E-state index contributed by atoms with van der Waals surface area (Å²) in [5, 5.41) is 15.9. The Kier molecular flexibility index (Phi) is 3.97. The van der Waals surface area contributed by atoms with Crippen molar-refractivity contribution in [2.24, 2.45) is 0 Å². The highest BCUT2D eigenvalue weighted by Gasteiger charge is 2.14. The third-order valence-electron chi connectivity index (χ3n) is 2.77. The van der Waals surface area contributed by atoms with E-state index in [1.807, 2.05) is 37.3 Å². The molecule has 100 valence electrons. The van der Waals surface area contributed by atoms with Crippen molar-refractivity contribution < 1.29 is 9.90 Å². The highest BCUT2D eigenvalue weighted by Crippen LogP contribution is 2.11. The molecule has 1 unspecified atom stereocenters. The molecular formula is C14H17N3O2. The summed E-state index contributed by atoms with van der Waals surface area (Å²) in [6.45, 7) is 3.54. The average molecular weight is 259 g/mol. The molecule has 0 saturated carbocycles. The number of aryl methyl sites for hydroxylation is 1. The number of carbonyl (C=O) groups excluding carboxylic acids is 1. The van der Waals surface area contributed by atoms with Crippen LogP contribution in [0.1, 0.15) is 23.1 Å². The SMILES string of the molecule is Cc1cc(C(=O)NC(C)CO)nn1-c1ccccc1. The molecule has 0 aliphatic heterocycles. The molecule has 5 heteroatoms. The zero-order chi connectivity index (χ0) is 13.8. The van der Waals surface area contributed by atoms with E-state index in [0.29, 0.717) is 5.69 Å². The van der Waals surface area contributed by atoms with E-state index < -0.39 is 0 Å². The van der Waals surface area contributed by atoms with Gasteiger partial charge in [0.1, 0.15) is 0 Å². The first-order chi connectivity index (χ1) is 9.11. The number of nitrogens with zero attached hydrogens (tertiary/aromatic N) is 2. The van der Waals surface area contributed by atoms with Gasteiger partial charge in [0.15, 0.2) is 5.69 Å². The Labute approximate surface area is 111 Å². The number of aromatic nitrogens is 2. The highest BCUT2D eigenvalue weighted by molar-refractivity contribution is 5.92. The Balaban J connectivity index is 2.24. The van der Waals surface area contributed by atoms with Gasteiger partial charge >= 0.3 is 0 Å². The maximum absolute atomic E-state index is 11.9. The number of benzene rings is 1. The van der Waals surface area contributed by atoms with Gasteiger partial charge in [-0.05, 0) is 32.0 Å². The van der Waals surface area contributed by atoms with Crippen LogP contribution in [-0.2, 0) is 0 Å². The van der Waals surface area contributed by atoms with Crippen LogP contribution in [0.3, 0.4) is 0 Å². The van der Waals surface area contributed by atoms with Gasteiger partial charge in [0.25, 0.3) is 5.91 Å². The number of hydrogen-bond donors (Lipinski definition) is 2. The van der Waals surface area contributed by atoms with Gasteiger partial charge in [-0.25, -0.2) is 4.68 Å². The molecule has 0 aliphatic rings. The summed E-state index contributed by atoms with van der Waals surface area (Å²) < 4.78 is 1.72. The van der Waals surface area contributed by atoms with Gasteiger partial charge in [-0.15, -0.1) is 0 Å². The number of para-hydroxylation sites is 1. The maximum atomic E-state index is 11.9. The Morgan fingerprint density at radius 1 is 1.42 bits per heavy atom. The number of hydrogen-bond acceptors (Lipinski definition) is 3. The molecule has 19 heavy (non-hydrogen) atoms. The molecule has 2 rings (SSSR count). The monoisotopic (exact) mass is 259 g/mol. The second-order valence-electron chi connectivity index (χ2n) is 4.48. The quantitative estimate of drug-likeness (QED) is 0.869. The van der Waals surface area contributed by atoms with Crippen molar-refractivity contribution >= 4 is 5.91 Å². The molecule has 2 aromatic rings. The molecule has 0 fully saturated rings. The fourth-order valence-electron chi connectivity index (χ4n) is 1.76.